The molecular formula is C15H15FN2O5. The fraction of sp³-hybridized carbons (Fsp3) is 0.267. The summed E-state index contributed by atoms with van der Waals surface area (Å²) in [6.07, 6.45) is 0. The molecule has 8 heteroatoms. The number of nitrogens with zero attached hydrogens (tertiary/aromatic N) is 2. The normalized spacial score (nSPS) is 10.3. The molecule has 0 aliphatic heterocycles. The third-order valence-corrected chi connectivity index (χ3v) is 2.98. The number of carbonyl (C=O) groups excluding carboxylic acids is 1. The van der Waals surface area contributed by atoms with Crippen LogP contribution in [0.4, 0.5) is 4.39 Å². The van der Waals surface area contributed by atoms with Crippen molar-refractivity contribution in [2.75, 3.05) is 13.1 Å². The van der Waals surface area contributed by atoms with Gasteiger partial charge >= 0.3 is 5.97 Å². The van der Waals surface area contributed by atoms with Gasteiger partial charge in [-0.05, 0) is 19.1 Å². The first-order valence-corrected chi connectivity index (χ1v) is 6.85. The van der Waals surface area contributed by atoms with Crippen LogP contribution in [0, 0.1) is 5.82 Å². The number of ether oxygens (including phenoxy) is 1. The number of hydrogen-bond acceptors (Lipinski definition) is 5. The predicted octanol–water partition coefficient (Wildman–Crippen LogP) is 1.94. The van der Waals surface area contributed by atoms with E-state index < -0.39 is 24.2 Å². The molecule has 23 heavy (non-hydrogen) atoms. The molecule has 2 rings (SSSR count). The monoisotopic (exact) mass is 322 g/mol. The lowest BCUT2D eigenvalue weighted by Crippen LogP contribution is -2.35. The van der Waals surface area contributed by atoms with E-state index in [0.29, 0.717) is 0 Å². The maximum absolute atomic E-state index is 13.4. The van der Waals surface area contributed by atoms with Crippen LogP contribution in [0.15, 0.2) is 34.9 Å². The van der Waals surface area contributed by atoms with Gasteiger partial charge in [-0.2, -0.15) is 0 Å². The zero-order valence-corrected chi connectivity index (χ0v) is 12.4. The molecule has 0 fully saturated rings. The van der Waals surface area contributed by atoms with Gasteiger partial charge in [0.05, 0.1) is 0 Å². The van der Waals surface area contributed by atoms with E-state index in [1.165, 1.54) is 24.3 Å². The molecular weight excluding hydrogens is 307 g/mol. The maximum atomic E-state index is 13.4. The van der Waals surface area contributed by atoms with Gasteiger partial charge in [0.1, 0.15) is 13.2 Å². The molecule has 122 valence electrons. The van der Waals surface area contributed by atoms with Crippen LogP contribution in [0.2, 0.25) is 0 Å². The highest BCUT2D eigenvalue weighted by Crippen LogP contribution is 2.17. The Bertz CT molecular complexity index is 701. The quantitative estimate of drug-likeness (QED) is 0.837. The van der Waals surface area contributed by atoms with Crippen molar-refractivity contribution in [1.82, 2.24) is 10.1 Å². The molecule has 0 saturated heterocycles. The number of aromatic nitrogens is 1. The minimum Gasteiger partial charge on any atom is -0.482 e. The van der Waals surface area contributed by atoms with Crippen LogP contribution in [-0.2, 0) is 11.4 Å². The zero-order chi connectivity index (χ0) is 16.8. The van der Waals surface area contributed by atoms with Crippen molar-refractivity contribution < 1.29 is 28.3 Å². The van der Waals surface area contributed by atoms with E-state index in [1.54, 1.807) is 13.0 Å². The van der Waals surface area contributed by atoms with Gasteiger partial charge < -0.3 is 19.3 Å². The van der Waals surface area contributed by atoms with Crippen LogP contribution in [0.5, 0.6) is 5.75 Å². The Kier molecular flexibility index (Phi) is 5.29. The van der Waals surface area contributed by atoms with Crippen molar-refractivity contribution >= 4 is 11.9 Å². The Morgan fingerprint density at radius 3 is 2.78 bits per heavy atom. The molecule has 0 saturated carbocycles. The lowest BCUT2D eigenvalue weighted by molar-refractivity contribution is -0.137. The van der Waals surface area contributed by atoms with E-state index in [-0.39, 0.29) is 30.4 Å². The molecule has 0 atom stereocenters. The largest absolute Gasteiger partial charge is 0.482 e. The molecule has 0 aliphatic carbocycles. The van der Waals surface area contributed by atoms with Gasteiger partial charge in [-0.15, -0.1) is 0 Å². The molecule has 1 amide bonds. The van der Waals surface area contributed by atoms with Crippen LogP contribution < -0.4 is 4.74 Å². The number of amides is 1. The molecule has 0 unspecified atom stereocenters. The minimum atomic E-state index is -1.12. The van der Waals surface area contributed by atoms with E-state index in [1.807, 2.05) is 0 Å². The van der Waals surface area contributed by atoms with E-state index in [0.717, 1.165) is 4.90 Å². The highest BCUT2D eigenvalue weighted by atomic mass is 19.1. The third kappa shape index (κ3) is 4.29. The van der Waals surface area contributed by atoms with Crippen LogP contribution in [0.1, 0.15) is 23.2 Å². The second-order valence-electron chi connectivity index (χ2n) is 4.61. The van der Waals surface area contributed by atoms with E-state index >= 15 is 0 Å². The third-order valence-electron chi connectivity index (χ3n) is 2.98. The summed E-state index contributed by atoms with van der Waals surface area (Å²) in [4.78, 5) is 23.9. The second-order valence-corrected chi connectivity index (χ2v) is 4.61. The topological polar surface area (TPSA) is 92.9 Å². The highest BCUT2D eigenvalue weighted by molar-refractivity contribution is 5.94. The summed E-state index contributed by atoms with van der Waals surface area (Å²) in [6.45, 7) is 1.34. The first kappa shape index (κ1) is 16.5. The number of rotatable bonds is 7. The first-order chi connectivity index (χ1) is 11.0. The predicted molar refractivity (Wildman–Crippen MR) is 76.4 cm³/mol. The van der Waals surface area contributed by atoms with Crippen molar-refractivity contribution in [2.45, 2.75) is 13.5 Å². The Morgan fingerprint density at radius 1 is 1.39 bits per heavy atom. The molecule has 0 bridgehead atoms. The lowest BCUT2D eigenvalue weighted by atomic mass is 10.3. The van der Waals surface area contributed by atoms with Gasteiger partial charge in [-0.3, -0.25) is 9.59 Å². The molecule has 1 heterocycles. The average Bonchev–Trinajstić information content (AvgIpc) is 3.00. The number of carbonyl (C=O) groups is 2. The zero-order valence-electron chi connectivity index (χ0n) is 12.4. The summed E-state index contributed by atoms with van der Waals surface area (Å²) in [5.41, 5.74) is -0.0276. The highest BCUT2D eigenvalue weighted by Gasteiger charge is 2.21. The minimum absolute atomic E-state index is 0.0276. The number of carboxylic acid groups (broad SMARTS) is 1. The summed E-state index contributed by atoms with van der Waals surface area (Å²) < 4.78 is 23.6. The molecule has 2 aromatic rings. The summed E-state index contributed by atoms with van der Waals surface area (Å²) >= 11 is 0. The molecule has 1 aromatic heterocycles. The number of hydrogen-bond donors (Lipinski definition) is 1. The van der Waals surface area contributed by atoms with Gasteiger partial charge in [0.15, 0.2) is 23.0 Å². The first-order valence-electron chi connectivity index (χ1n) is 6.85. The SMILES string of the molecule is CCN(CC(=O)O)C(=O)c1cc(COc2ccccc2F)on1. The van der Waals surface area contributed by atoms with Crippen LogP contribution in [-0.4, -0.2) is 40.1 Å². The van der Waals surface area contributed by atoms with E-state index in [4.69, 9.17) is 14.4 Å². The van der Waals surface area contributed by atoms with Gasteiger partial charge in [0.2, 0.25) is 0 Å². The van der Waals surface area contributed by atoms with Gasteiger partial charge in [0, 0.05) is 12.6 Å². The summed E-state index contributed by atoms with van der Waals surface area (Å²) in [5, 5.41) is 12.4. The Balaban J connectivity index is 2.01. The lowest BCUT2D eigenvalue weighted by Gasteiger charge is -2.16. The van der Waals surface area contributed by atoms with Crippen LogP contribution >= 0.6 is 0 Å². The number of likely N-dealkylation sites (N-methyl/N-ethyl adjacent to an activating group) is 1. The molecule has 1 aromatic carbocycles. The molecule has 1 N–H and O–H groups in total. The Labute approximate surface area is 131 Å². The summed E-state index contributed by atoms with van der Waals surface area (Å²) in [7, 11) is 0. The van der Waals surface area contributed by atoms with Crippen LogP contribution in [0.3, 0.4) is 0 Å². The Hall–Kier alpha value is -2.90. The van der Waals surface area contributed by atoms with E-state index in [9.17, 15) is 14.0 Å². The number of halogens is 1. The fourth-order valence-electron chi connectivity index (χ4n) is 1.84. The standard InChI is InChI=1S/C15H15FN2O5/c1-2-18(8-14(19)20)15(21)12-7-10(23-17-12)9-22-13-6-4-3-5-11(13)16/h3-7H,2,8-9H2,1H3,(H,19,20). The number of para-hydroxylation sites is 1. The van der Waals surface area contributed by atoms with Gasteiger partial charge in [0.25, 0.3) is 5.91 Å². The molecule has 7 nitrogen and oxygen atoms in total. The molecule has 0 radical (unpaired) electrons. The van der Waals surface area contributed by atoms with Crippen molar-refractivity contribution in [2.24, 2.45) is 0 Å². The smallest absolute Gasteiger partial charge is 0.323 e. The van der Waals surface area contributed by atoms with Crippen molar-refractivity contribution in [3.05, 3.63) is 47.6 Å². The van der Waals surface area contributed by atoms with Gasteiger partial charge in [-0.1, -0.05) is 17.3 Å². The molecule has 0 spiro atoms. The van der Waals surface area contributed by atoms with Crippen molar-refractivity contribution in [3.8, 4) is 5.75 Å². The van der Waals surface area contributed by atoms with Gasteiger partial charge in [-0.25, -0.2) is 4.39 Å². The van der Waals surface area contributed by atoms with Crippen molar-refractivity contribution in [1.29, 1.82) is 0 Å². The number of carboxylic acids is 1. The maximum Gasteiger partial charge on any atom is 0.323 e. The van der Waals surface area contributed by atoms with E-state index in [2.05, 4.69) is 5.16 Å². The summed E-state index contributed by atoms with van der Waals surface area (Å²) in [6, 6.07) is 7.22. The number of aliphatic carboxylic acids is 1. The van der Waals surface area contributed by atoms with Crippen molar-refractivity contribution in [3.63, 3.8) is 0 Å². The molecule has 0 aliphatic rings. The Morgan fingerprint density at radius 2 is 2.13 bits per heavy atom. The second kappa shape index (κ2) is 7.39. The summed E-state index contributed by atoms with van der Waals surface area (Å²) in [5.74, 6) is -1.91. The fourth-order valence-corrected chi connectivity index (χ4v) is 1.84. The van der Waals surface area contributed by atoms with Crippen LogP contribution in [0.25, 0.3) is 0 Å². The average molecular weight is 322 g/mol. The number of benzene rings is 1.